The van der Waals surface area contributed by atoms with Crippen molar-refractivity contribution in [2.75, 3.05) is 6.61 Å². The molecule has 22 heavy (non-hydrogen) atoms. The number of aliphatic hydroxyl groups excluding tert-OH is 1. The maximum Gasteiger partial charge on any atom is 0.0433 e. The van der Waals surface area contributed by atoms with Crippen LogP contribution in [0.3, 0.4) is 0 Å². The van der Waals surface area contributed by atoms with E-state index in [0.29, 0.717) is 6.61 Å². The molecule has 0 heterocycles. The molecule has 1 unspecified atom stereocenters. The molecule has 1 N–H and O–H groups in total. The van der Waals surface area contributed by atoms with E-state index in [-0.39, 0.29) is 0 Å². The zero-order chi connectivity index (χ0) is 16.3. The van der Waals surface area contributed by atoms with Crippen molar-refractivity contribution in [1.82, 2.24) is 0 Å². The van der Waals surface area contributed by atoms with E-state index in [1.54, 1.807) is 0 Å². The van der Waals surface area contributed by atoms with Gasteiger partial charge >= 0.3 is 0 Å². The van der Waals surface area contributed by atoms with Gasteiger partial charge in [0, 0.05) is 6.61 Å². The standard InChI is InChI=1S/C21H44O/c1-3-5-6-7-8-9-10-11-12-13-14-15-16-17-18-21(4-2)19-20-22/h21-22H,3-20H2,1-2H3. The van der Waals surface area contributed by atoms with Gasteiger partial charge < -0.3 is 5.11 Å². The molecule has 0 radical (unpaired) electrons. The van der Waals surface area contributed by atoms with Crippen molar-refractivity contribution < 1.29 is 5.11 Å². The zero-order valence-electron chi connectivity index (χ0n) is 15.8. The molecule has 0 rings (SSSR count). The van der Waals surface area contributed by atoms with E-state index >= 15 is 0 Å². The summed E-state index contributed by atoms with van der Waals surface area (Å²) in [5, 5.41) is 8.98. The van der Waals surface area contributed by atoms with Gasteiger partial charge in [-0.2, -0.15) is 0 Å². The first-order valence-corrected chi connectivity index (χ1v) is 10.5. The van der Waals surface area contributed by atoms with Crippen LogP contribution >= 0.6 is 0 Å². The van der Waals surface area contributed by atoms with Gasteiger partial charge in [-0.25, -0.2) is 0 Å². The summed E-state index contributed by atoms with van der Waals surface area (Å²) in [5.41, 5.74) is 0. The van der Waals surface area contributed by atoms with Crippen LogP contribution in [0.4, 0.5) is 0 Å². The van der Waals surface area contributed by atoms with E-state index in [1.807, 2.05) is 0 Å². The van der Waals surface area contributed by atoms with Crippen molar-refractivity contribution in [1.29, 1.82) is 0 Å². The number of hydrogen-bond acceptors (Lipinski definition) is 1. The summed E-state index contributed by atoms with van der Waals surface area (Å²) in [7, 11) is 0. The smallest absolute Gasteiger partial charge is 0.0433 e. The molecular formula is C21H44O. The van der Waals surface area contributed by atoms with Crippen molar-refractivity contribution in [3.8, 4) is 0 Å². The quantitative estimate of drug-likeness (QED) is 0.264. The first kappa shape index (κ1) is 22.0. The Hall–Kier alpha value is -0.0400. The number of rotatable bonds is 18. The molecule has 0 aromatic carbocycles. The molecule has 0 aromatic rings. The van der Waals surface area contributed by atoms with Crippen LogP contribution in [0.2, 0.25) is 0 Å². The Labute approximate surface area is 141 Å². The fourth-order valence-electron chi connectivity index (χ4n) is 3.36. The second-order valence-electron chi connectivity index (χ2n) is 7.17. The maximum atomic E-state index is 8.98. The summed E-state index contributed by atoms with van der Waals surface area (Å²) in [6.07, 6.45) is 23.7. The highest BCUT2D eigenvalue weighted by Gasteiger charge is 2.04. The lowest BCUT2D eigenvalue weighted by atomic mass is 9.95. The molecule has 0 amide bonds. The molecule has 134 valence electrons. The van der Waals surface area contributed by atoms with Gasteiger partial charge in [-0.05, 0) is 12.3 Å². The number of aliphatic hydroxyl groups is 1. The van der Waals surface area contributed by atoms with Gasteiger partial charge in [0.1, 0.15) is 0 Å². The molecule has 0 spiro atoms. The first-order chi connectivity index (χ1) is 10.8. The first-order valence-electron chi connectivity index (χ1n) is 10.5. The molecule has 0 aliphatic heterocycles. The normalized spacial score (nSPS) is 12.7. The monoisotopic (exact) mass is 312 g/mol. The molecule has 0 aliphatic carbocycles. The van der Waals surface area contributed by atoms with Gasteiger partial charge in [0.05, 0.1) is 0 Å². The van der Waals surface area contributed by atoms with Crippen LogP contribution in [-0.4, -0.2) is 11.7 Å². The van der Waals surface area contributed by atoms with Gasteiger partial charge in [-0.1, -0.05) is 117 Å². The molecule has 1 atom stereocenters. The third kappa shape index (κ3) is 16.3. The van der Waals surface area contributed by atoms with E-state index in [0.717, 1.165) is 12.3 Å². The van der Waals surface area contributed by atoms with Gasteiger partial charge in [-0.3, -0.25) is 0 Å². The van der Waals surface area contributed by atoms with Gasteiger partial charge in [0.15, 0.2) is 0 Å². The average Bonchev–Trinajstić information content (AvgIpc) is 2.54. The van der Waals surface area contributed by atoms with Crippen molar-refractivity contribution in [2.45, 2.75) is 123 Å². The Morgan fingerprint density at radius 2 is 0.955 bits per heavy atom. The summed E-state index contributed by atoms with van der Waals surface area (Å²) in [4.78, 5) is 0. The Morgan fingerprint density at radius 3 is 1.32 bits per heavy atom. The molecule has 0 bridgehead atoms. The molecule has 0 saturated heterocycles. The van der Waals surface area contributed by atoms with Crippen LogP contribution in [0.1, 0.15) is 123 Å². The van der Waals surface area contributed by atoms with Crippen LogP contribution < -0.4 is 0 Å². The fraction of sp³-hybridized carbons (Fsp3) is 1.00. The van der Waals surface area contributed by atoms with Gasteiger partial charge in [0.2, 0.25) is 0 Å². The zero-order valence-corrected chi connectivity index (χ0v) is 15.8. The minimum atomic E-state index is 0.372. The summed E-state index contributed by atoms with van der Waals surface area (Å²) in [6, 6.07) is 0. The second-order valence-corrected chi connectivity index (χ2v) is 7.17. The second kappa shape index (κ2) is 19.0. The lowest BCUT2D eigenvalue weighted by molar-refractivity contribution is 0.246. The topological polar surface area (TPSA) is 20.2 Å². The largest absolute Gasteiger partial charge is 0.396 e. The maximum absolute atomic E-state index is 8.98. The van der Waals surface area contributed by atoms with E-state index in [4.69, 9.17) is 5.11 Å². The summed E-state index contributed by atoms with van der Waals surface area (Å²) < 4.78 is 0. The molecule has 0 aliphatic rings. The van der Waals surface area contributed by atoms with Crippen LogP contribution in [0.25, 0.3) is 0 Å². The minimum Gasteiger partial charge on any atom is -0.396 e. The highest BCUT2D eigenvalue weighted by molar-refractivity contribution is 4.57. The van der Waals surface area contributed by atoms with E-state index in [2.05, 4.69) is 13.8 Å². The van der Waals surface area contributed by atoms with Crippen LogP contribution in [0.5, 0.6) is 0 Å². The van der Waals surface area contributed by atoms with Crippen molar-refractivity contribution in [3.63, 3.8) is 0 Å². The molecule has 0 fully saturated rings. The van der Waals surface area contributed by atoms with Crippen molar-refractivity contribution >= 4 is 0 Å². The SMILES string of the molecule is CCCCCCCCCCCCCCCCC(CC)CCO. The van der Waals surface area contributed by atoms with Crippen LogP contribution in [0, 0.1) is 5.92 Å². The minimum absolute atomic E-state index is 0.372. The fourth-order valence-corrected chi connectivity index (χ4v) is 3.36. The average molecular weight is 313 g/mol. The summed E-state index contributed by atoms with van der Waals surface area (Å²) in [6.45, 7) is 4.92. The number of unbranched alkanes of at least 4 members (excludes halogenated alkanes) is 13. The Kier molecular flexibility index (Phi) is 19.0. The number of hydrogen-bond donors (Lipinski definition) is 1. The van der Waals surface area contributed by atoms with Crippen LogP contribution in [-0.2, 0) is 0 Å². The summed E-state index contributed by atoms with van der Waals surface area (Å²) >= 11 is 0. The molecule has 0 aromatic heterocycles. The Balaban J connectivity index is 3.08. The molecule has 0 saturated carbocycles. The Bertz CT molecular complexity index is 190. The Morgan fingerprint density at radius 1 is 0.545 bits per heavy atom. The van der Waals surface area contributed by atoms with Crippen molar-refractivity contribution in [2.24, 2.45) is 5.92 Å². The lowest BCUT2D eigenvalue weighted by Gasteiger charge is -2.12. The molecule has 1 nitrogen and oxygen atoms in total. The third-order valence-corrected chi connectivity index (χ3v) is 5.08. The van der Waals surface area contributed by atoms with Crippen LogP contribution in [0.15, 0.2) is 0 Å². The third-order valence-electron chi connectivity index (χ3n) is 5.08. The molecular weight excluding hydrogens is 268 g/mol. The van der Waals surface area contributed by atoms with E-state index in [9.17, 15) is 0 Å². The van der Waals surface area contributed by atoms with Gasteiger partial charge in [-0.15, -0.1) is 0 Å². The van der Waals surface area contributed by atoms with E-state index < -0.39 is 0 Å². The highest BCUT2D eigenvalue weighted by Crippen LogP contribution is 2.18. The predicted molar refractivity (Wildman–Crippen MR) is 100 cm³/mol. The highest BCUT2D eigenvalue weighted by atomic mass is 16.3. The van der Waals surface area contributed by atoms with Crippen molar-refractivity contribution in [3.05, 3.63) is 0 Å². The molecule has 1 heteroatoms. The lowest BCUT2D eigenvalue weighted by Crippen LogP contribution is -2.01. The predicted octanol–water partition coefficient (Wildman–Crippen LogP) is 7.27. The van der Waals surface area contributed by atoms with E-state index in [1.165, 1.54) is 103 Å². The summed E-state index contributed by atoms with van der Waals surface area (Å²) in [5.74, 6) is 0.766. The van der Waals surface area contributed by atoms with Gasteiger partial charge in [0.25, 0.3) is 0 Å².